The molecule has 5 heteroatoms. The second-order valence-electron chi connectivity index (χ2n) is 6.45. The molecule has 0 aliphatic rings. The fourth-order valence-electron chi connectivity index (χ4n) is 2.72. The topological polar surface area (TPSA) is 68.5 Å². The van der Waals surface area contributed by atoms with Crippen LogP contribution >= 0.6 is 0 Å². The van der Waals surface area contributed by atoms with Gasteiger partial charge in [-0.1, -0.05) is 32.0 Å². The van der Waals surface area contributed by atoms with Crippen LogP contribution in [0.25, 0.3) is 11.0 Å². The predicted molar refractivity (Wildman–Crippen MR) is 102 cm³/mol. The first-order valence-electron chi connectivity index (χ1n) is 8.54. The number of carbonyl (C=O) groups excluding carboxylic acids is 1. The molecule has 0 saturated heterocycles. The molecule has 1 aromatic heterocycles. The molecule has 0 fully saturated rings. The maximum Gasteiger partial charge on any atom is 0.336 e. The van der Waals surface area contributed by atoms with Gasteiger partial charge in [0.15, 0.2) is 6.10 Å². The Morgan fingerprint density at radius 1 is 1.04 bits per heavy atom. The van der Waals surface area contributed by atoms with Crippen LogP contribution in [0, 0.1) is 0 Å². The standard InChI is InChI=1S/C21H21NO4/c1-13(2)17-6-4-5-7-18(17)22-21(24)14(3)25-16-10-8-15-9-11-20(23)26-19(15)12-16/h4-14H,1-3H3,(H,22,24). The molecular formula is C21H21NO4. The van der Waals surface area contributed by atoms with Gasteiger partial charge in [0.25, 0.3) is 5.91 Å². The highest BCUT2D eigenvalue weighted by Gasteiger charge is 2.17. The minimum absolute atomic E-state index is 0.243. The summed E-state index contributed by atoms with van der Waals surface area (Å²) < 4.78 is 10.9. The third-order valence-electron chi connectivity index (χ3n) is 4.12. The van der Waals surface area contributed by atoms with Gasteiger partial charge in [-0.2, -0.15) is 0 Å². The summed E-state index contributed by atoms with van der Waals surface area (Å²) in [6.45, 7) is 5.83. The minimum atomic E-state index is -0.705. The summed E-state index contributed by atoms with van der Waals surface area (Å²) >= 11 is 0. The fraction of sp³-hybridized carbons (Fsp3) is 0.238. The third kappa shape index (κ3) is 3.94. The van der Waals surface area contributed by atoms with Crippen LogP contribution in [-0.4, -0.2) is 12.0 Å². The van der Waals surface area contributed by atoms with E-state index in [1.165, 1.54) is 6.07 Å². The number of carbonyl (C=O) groups is 1. The molecule has 1 heterocycles. The van der Waals surface area contributed by atoms with Crippen molar-refractivity contribution >= 4 is 22.6 Å². The van der Waals surface area contributed by atoms with Gasteiger partial charge in [0.1, 0.15) is 11.3 Å². The van der Waals surface area contributed by atoms with E-state index in [-0.39, 0.29) is 5.91 Å². The van der Waals surface area contributed by atoms with Crippen LogP contribution in [0.2, 0.25) is 0 Å². The molecule has 1 amide bonds. The first kappa shape index (κ1) is 17.7. The first-order chi connectivity index (χ1) is 12.4. The normalized spacial score (nSPS) is 12.2. The molecule has 3 rings (SSSR count). The number of anilines is 1. The molecule has 3 aromatic rings. The molecule has 0 aliphatic carbocycles. The van der Waals surface area contributed by atoms with E-state index in [1.807, 2.05) is 24.3 Å². The predicted octanol–water partition coefficient (Wildman–Crippen LogP) is 4.32. The summed E-state index contributed by atoms with van der Waals surface area (Å²) in [6, 6.07) is 15.9. The molecule has 0 spiro atoms. The van der Waals surface area contributed by atoms with E-state index >= 15 is 0 Å². The lowest BCUT2D eigenvalue weighted by atomic mass is 10.0. The SMILES string of the molecule is CC(Oc1ccc2ccc(=O)oc2c1)C(=O)Nc1ccccc1C(C)C. The van der Waals surface area contributed by atoms with E-state index in [4.69, 9.17) is 9.15 Å². The number of hydrogen-bond acceptors (Lipinski definition) is 4. The number of nitrogens with one attached hydrogen (secondary N) is 1. The van der Waals surface area contributed by atoms with Crippen LogP contribution in [-0.2, 0) is 4.79 Å². The smallest absolute Gasteiger partial charge is 0.336 e. The van der Waals surface area contributed by atoms with E-state index < -0.39 is 11.7 Å². The summed E-state index contributed by atoms with van der Waals surface area (Å²) in [5, 5.41) is 3.71. The summed E-state index contributed by atoms with van der Waals surface area (Å²) in [4.78, 5) is 23.8. The van der Waals surface area contributed by atoms with Crippen LogP contribution in [0.5, 0.6) is 5.75 Å². The molecule has 5 nitrogen and oxygen atoms in total. The quantitative estimate of drug-likeness (QED) is 0.695. The number of fused-ring (bicyclic) bond motifs is 1. The van der Waals surface area contributed by atoms with Crippen molar-refractivity contribution in [2.24, 2.45) is 0 Å². The van der Waals surface area contributed by atoms with Gasteiger partial charge in [-0.3, -0.25) is 4.79 Å². The number of hydrogen-bond donors (Lipinski definition) is 1. The second-order valence-corrected chi connectivity index (χ2v) is 6.45. The highest BCUT2D eigenvalue weighted by molar-refractivity contribution is 5.95. The number of amides is 1. The van der Waals surface area contributed by atoms with Crippen molar-refractivity contribution in [2.45, 2.75) is 32.8 Å². The Hall–Kier alpha value is -3.08. The first-order valence-corrected chi connectivity index (χ1v) is 8.54. The lowest BCUT2D eigenvalue weighted by Gasteiger charge is -2.18. The molecule has 0 saturated carbocycles. The van der Waals surface area contributed by atoms with Crippen LogP contribution < -0.4 is 15.7 Å². The van der Waals surface area contributed by atoms with Crippen molar-refractivity contribution in [3.8, 4) is 5.75 Å². The zero-order valence-electron chi connectivity index (χ0n) is 15.0. The number of ether oxygens (including phenoxy) is 1. The molecule has 1 unspecified atom stereocenters. The van der Waals surface area contributed by atoms with Crippen molar-refractivity contribution < 1.29 is 13.9 Å². The van der Waals surface area contributed by atoms with E-state index in [0.717, 1.165) is 16.6 Å². The minimum Gasteiger partial charge on any atom is -0.481 e. The molecule has 1 N–H and O–H groups in total. The third-order valence-corrected chi connectivity index (χ3v) is 4.12. The largest absolute Gasteiger partial charge is 0.481 e. The lowest BCUT2D eigenvalue weighted by molar-refractivity contribution is -0.122. The number of rotatable bonds is 5. The van der Waals surface area contributed by atoms with E-state index in [2.05, 4.69) is 19.2 Å². The summed E-state index contributed by atoms with van der Waals surface area (Å²) in [7, 11) is 0. The highest BCUT2D eigenvalue weighted by Crippen LogP contribution is 2.24. The molecule has 0 bridgehead atoms. The average Bonchev–Trinajstić information content (AvgIpc) is 2.61. The van der Waals surface area contributed by atoms with E-state index in [0.29, 0.717) is 17.3 Å². The van der Waals surface area contributed by atoms with Gasteiger partial charge in [-0.25, -0.2) is 4.79 Å². The van der Waals surface area contributed by atoms with Crippen molar-refractivity contribution in [1.29, 1.82) is 0 Å². The van der Waals surface area contributed by atoms with E-state index in [1.54, 1.807) is 31.2 Å². The van der Waals surface area contributed by atoms with Gasteiger partial charge >= 0.3 is 5.63 Å². The molecule has 2 aromatic carbocycles. The van der Waals surface area contributed by atoms with Crippen LogP contribution in [0.1, 0.15) is 32.3 Å². The van der Waals surface area contributed by atoms with Gasteiger partial charge in [-0.05, 0) is 42.7 Å². The monoisotopic (exact) mass is 351 g/mol. The maximum atomic E-state index is 12.5. The average molecular weight is 351 g/mol. The molecule has 0 aliphatic heterocycles. The van der Waals surface area contributed by atoms with Gasteiger partial charge in [-0.15, -0.1) is 0 Å². The Balaban J connectivity index is 1.74. The lowest BCUT2D eigenvalue weighted by Crippen LogP contribution is -2.30. The fourth-order valence-corrected chi connectivity index (χ4v) is 2.72. The summed E-state index contributed by atoms with van der Waals surface area (Å²) in [6.07, 6.45) is -0.705. The zero-order chi connectivity index (χ0) is 18.7. The van der Waals surface area contributed by atoms with Crippen molar-refractivity contribution in [3.05, 3.63) is 70.6 Å². The van der Waals surface area contributed by atoms with Crippen LogP contribution in [0.15, 0.2) is 63.8 Å². The van der Waals surface area contributed by atoms with Crippen molar-refractivity contribution in [2.75, 3.05) is 5.32 Å². The van der Waals surface area contributed by atoms with Crippen LogP contribution in [0.3, 0.4) is 0 Å². The molecule has 1 atom stereocenters. The number of para-hydroxylation sites is 1. The van der Waals surface area contributed by atoms with Gasteiger partial charge < -0.3 is 14.5 Å². The highest BCUT2D eigenvalue weighted by atomic mass is 16.5. The van der Waals surface area contributed by atoms with Crippen LogP contribution in [0.4, 0.5) is 5.69 Å². The molecular weight excluding hydrogens is 330 g/mol. The second kappa shape index (κ2) is 7.44. The number of benzene rings is 2. The Morgan fingerprint density at radius 3 is 2.54 bits per heavy atom. The Kier molecular flexibility index (Phi) is 5.07. The summed E-state index contributed by atoms with van der Waals surface area (Å²) in [5.41, 5.74) is 1.85. The molecule has 26 heavy (non-hydrogen) atoms. The Morgan fingerprint density at radius 2 is 1.77 bits per heavy atom. The van der Waals surface area contributed by atoms with Gasteiger partial charge in [0.2, 0.25) is 0 Å². The Bertz CT molecular complexity index is 990. The van der Waals surface area contributed by atoms with Crippen molar-refractivity contribution in [1.82, 2.24) is 0 Å². The Labute approximate surface area is 151 Å². The van der Waals surface area contributed by atoms with Crippen molar-refractivity contribution in [3.63, 3.8) is 0 Å². The molecule has 134 valence electrons. The van der Waals surface area contributed by atoms with E-state index in [9.17, 15) is 9.59 Å². The maximum absolute atomic E-state index is 12.5. The zero-order valence-corrected chi connectivity index (χ0v) is 15.0. The summed E-state index contributed by atoms with van der Waals surface area (Å²) in [5.74, 6) is 0.519. The molecule has 0 radical (unpaired) electrons. The van der Waals surface area contributed by atoms with Gasteiger partial charge in [0.05, 0.1) is 0 Å². The van der Waals surface area contributed by atoms with Gasteiger partial charge in [0, 0.05) is 23.2 Å².